The third kappa shape index (κ3) is 4.38. The Kier molecular flexibility index (Phi) is 6.08. The number of carbonyl (C=O) groups excluding carboxylic acids is 1. The summed E-state index contributed by atoms with van der Waals surface area (Å²) < 4.78 is 29.2. The monoisotopic (exact) mass is 401 g/mol. The van der Waals surface area contributed by atoms with Gasteiger partial charge in [-0.1, -0.05) is 31.0 Å². The first-order chi connectivity index (χ1) is 13.3. The van der Waals surface area contributed by atoms with Crippen molar-refractivity contribution in [3.8, 4) is 5.75 Å². The van der Waals surface area contributed by atoms with Crippen molar-refractivity contribution in [2.45, 2.75) is 43.5 Å². The van der Waals surface area contributed by atoms with E-state index in [0.29, 0.717) is 12.1 Å². The molecule has 1 heterocycles. The number of benzene rings is 2. The van der Waals surface area contributed by atoms with Crippen LogP contribution in [0, 0.1) is 6.92 Å². The van der Waals surface area contributed by atoms with Crippen molar-refractivity contribution in [1.29, 1.82) is 0 Å². The summed E-state index contributed by atoms with van der Waals surface area (Å²) in [6.07, 6.45) is 5.14. The molecule has 0 unspecified atom stereocenters. The molecule has 0 bridgehead atoms. The Hall–Kier alpha value is -2.34. The van der Waals surface area contributed by atoms with Gasteiger partial charge in [0.2, 0.25) is 0 Å². The fraction of sp³-hybridized carbons (Fsp3) is 0.409. The molecule has 5 nitrogen and oxygen atoms in total. The number of hydrogen-bond donors (Lipinski definition) is 0. The van der Waals surface area contributed by atoms with Crippen molar-refractivity contribution >= 4 is 15.7 Å². The smallest absolute Gasteiger partial charge is 0.254 e. The Labute approximate surface area is 167 Å². The summed E-state index contributed by atoms with van der Waals surface area (Å²) in [5.74, 6) is 0.678. The number of likely N-dealkylation sites (tertiary alicyclic amines) is 1. The summed E-state index contributed by atoms with van der Waals surface area (Å²) in [5, 5.41) is 0. The molecule has 0 saturated carbocycles. The first-order valence-electron chi connectivity index (χ1n) is 9.57. The van der Waals surface area contributed by atoms with Crippen LogP contribution in [0.2, 0.25) is 0 Å². The lowest BCUT2D eigenvalue weighted by Crippen LogP contribution is -2.35. The molecule has 6 heteroatoms. The van der Waals surface area contributed by atoms with E-state index in [2.05, 4.69) is 0 Å². The maximum absolute atomic E-state index is 13.5. The van der Waals surface area contributed by atoms with E-state index in [4.69, 9.17) is 4.74 Å². The standard InChI is InChI=1S/C22H27NO4S/c1-16-8-13-19(28(3,25)26)15-20(16)22(24)23-14-6-4-5-7-21(23)17-9-11-18(27-2)12-10-17/h8-13,15,21H,4-7,14H2,1-3H3/t21-/m1/s1. The highest BCUT2D eigenvalue weighted by molar-refractivity contribution is 7.90. The molecule has 0 spiro atoms. The summed E-state index contributed by atoms with van der Waals surface area (Å²) in [6, 6.07) is 12.6. The minimum Gasteiger partial charge on any atom is -0.497 e. The van der Waals surface area contributed by atoms with E-state index in [1.807, 2.05) is 36.1 Å². The summed E-state index contributed by atoms with van der Waals surface area (Å²) >= 11 is 0. The van der Waals surface area contributed by atoms with E-state index in [1.165, 1.54) is 6.07 Å². The Morgan fingerprint density at radius 3 is 2.43 bits per heavy atom. The quantitative estimate of drug-likeness (QED) is 0.772. The van der Waals surface area contributed by atoms with Gasteiger partial charge in [0.25, 0.3) is 5.91 Å². The molecule has 1 amide bonds. The van der Waals surface area contributed by atoms with Gasteiger partial charge in [-0.05, 0) is 55.2 Å². The van der Waals surface area contributed by atoms with Gasteiger partial charge >= 0.3 is 0 Å². The third-order valence-electron chi connectivity index (χ3n) is 5.38. The van der Waals surface area contributed by atoms with E-state index in [9.17, 15) is 13.2 Å². The van der Waals surface area contributed by atoms with Crippen molar-refractivity contribution in [1.82, 2.24) is 4.90 Å². The lowest BCUT2D eigenvalue weighted by Gasteiger charge is -2.31. The number of amides is 1. The van der Waals surface area contributed by atoms with Gasteiger partial charge in [-0.25, -0.2) is 8.42 Å². The highest BCUT2D eigenvalue weighted by Gasteiger charge is 2.29. The van der Waals surface area contributed by atoms with Crippen molar-refractivity contribution in [3.05, 3.63) is 59.2 Å². The minimum atomic E-state index is -3.37. The molecule has 0 radical (unpaired) electrons. The zero-order valence-electron chi connectivity index (χ0n) is 16.6. The molecule has 2 aromatic rings. The van der Waals surface area contributed by atoms with Crippen molar-refractivity contribution in [3.63, 3.8) is 0 Å². The van der Waals surface area contributed by atoms with E-state index in [1.54, 1.807) is 19.2 Å². The predicted octanol–water partition coefficient (Wildman–Crippen LogP) is 4.16. The van der Waals surface area contributed by atoms with Crippen LogP contribution in [0.3, 0.4) is 0 Å². The van der Waals surface area contributed by atoms with Crippen LogP contribution in [0.4, 0.5) is 0 Å². The highest BCUT2D eigenvalue weighted by atomic mass is 32.2. The van der Waals surface area contributed by atoms with Crippen LogP contribution in [-0.4, -0.2) is 39.1 Å². The minimum absolute atomic E-state index is 0.0257. The first kappa shape index (κ1) is 20.4. The fourth-order valence-electron chi connectivity index (χ4n) is 3.74. The normalized spacial score (nSPS) is 17.8. The lowest BCUT2D eigenvalue weighted by molar-refractivity contribution is 0.0680. The third-order valence-corrected chi connectivity index (χ3v) is 6.49. The summed E-state index contributed by atoms with van der Waals surface area (Å²) in [7, 11) is -1.74. The Morgan fingerprint density at radius 2 is 1.79 bits per heavy atom. The first-order valence-corrected chi connectivity index (χ1v) is 11.5. The van der Waals surface area contributed by atoms with Crippen LogP contribution in [0.1, 0.15) is 53.2 Å². The van der Waals surface area contributed by atoms with Gasteiger partial charge in [-0.15, -0.1) is 0 Å². The number of hydrogen-bond acceptors (Lipinski definition) is 4. The number of nitrogens with zero attached hydrogens (tertiary/aromatic N) is 1. The van der Waals surface area contributed by atoms with E-state index in [-0.39, 0.29) is 16.8 Å². The van der Waals surface area contributed by atoms with Crippen LogP contribution in [0.5, 0.6) is 5.75 Å². The molecule has 28 heavy (non-hydrogen) atoms. The second kappa shape index (κ2) is 8.35. The average Bonchev–Trinajstić information content (AvgIpc) is 2.93. The highest BCUT2D eigenvalue weighted by Crippen LogP contribution is 2.33. The van der Waals surface area contributed by atoms with Crippen molar-refractivity contribution < 1.29 is 17.9 Å². The van der Waals surface area contributed by atoms with Crippen LogP contribution in [-0.2, 0) is 9.84 Å². The molecule has 0 aromatic heterocycles. The second-order valence-corrected chi connectivity index (χ2v) is 9.40. The van der Waals surface area contributed by atoms with E-state index in [0.717, 1.165) is 48.8 Å². The second-order valence-electron chi connectivity index (χ2n) is 7.39. The maximum Gasteiger partial charge on any atom is 0.254 e. The van der Waals surface area contributed by atoms with Crippen LogP contribution in [0.25, 0.3) is 0 Å². The summed E-state index contributed by atoms with van der Waals surface area (Å²) in [5.41, 5.74) is 2.33. The van der Waals surface area contributed by atoms with Gasteiger partial charge in [-0.3, -0.25) is 4.79 Å². The molecule has 1 aliphatic heterocycles. The average molecular weight is 402 g/mol. The molecular weight excluding hydrogens is 374 g/mol. The van der Waals surface area contributed by atoms with Gasteiger partial charge in [0, 0.05) is 18.4 Å². The predicted molar refractivity (Wildman–Crippen MR) is 110 cm³/mol. The fourth-order valence-corrected chi connectivity index (χ4v) is 4.39. The molecule has 2 aromatic carbocycles. The molecule has 0 N–H and O–H groups in total. The maximum atomic E-state index is 13.5. The Bertz CT molecular complexity index is 951. The van der Waals surface area contributed by atoms with E-state index < -0.39 is 9.84 Å². The SMILES string of the molecule is COc1ccc([C@H]2CCCCCN2C(=O)c2cc(S(C)(=O)=O)ccc2C)cc1. The number of ether oxygens (including phenoxy) is 1. The van der Waals surface area contributed by atoms with Crippen LogP contribution >= 0.6 is 0 Å². The molecule has 3 rings (SSSR count). The number of aryl methyl sites for hydroxylation is 1. The molecule has 1 aliphatic rings. The molecular formula is C22H27NO4S. The van der Waals surface area contributed by atoms with E-state index >= 15 is 0 Å². The van der Waals surface area contributed by atoms with Gasteiger partial charge in [0.15, 0.2) is 9.84 Å². The number of sulfone groups is 1. The summed E-state index contributed by atoms with van der Waals surface area (Å²) in [4.78, 5) is 15.5. The molecule has 150 valence electrons. The van der Waals surface area contributed by atoms with Crippen molar-refractivity contribution in [2.75, 3.05) is 19.9 Å². The van der Waals surface area contributed by atoms with Crippen LogP contribution < -0.4 is 4.74 Å². The number of rotatable bonds is 4. The number of carbonyl (C=O) groups is 1. The Balaban J connectivity index is 1.99. The summed E-state index contributed by atoms with van der Waals surface area (Å²) in [6.45, 7) is 2.51. The van der Waals surface area contributed by atoms with Gasteiger partial charge in [0.1, 0.15) is 5.75 Å². The molecule has 1 saturated heterocycles. The zero-order chi connectivity index (χ0) is 20.3. The van der Waals surface area contributed by atoms with Crippen molar-refractivity contribution in [2.24, 2.45) is 0 Å². The largest absolute Gasteiger partial charge is 0.497 e. The topological polar surface area (TPSA) is 63.7 Å². The lowest BCUT2D eigenvalue weighted by atomic mass is 9.99. The Morgan fingerprint density at radius 1 is 1.07 bits per heavy atom. The van der Waals surface area contributed by atoms with Gasteiger partial charge in [0.05, 0.1) is 18.0 Å². The molecule has 1 atom stereocenters. The van der Waals surface area contributed by atoms with Gasteiger partial charge < -0.3 is 9.64 Å². The zero-order valence-corrected chi connectivity index (χ0v) is 17.5. The molecule has 0 aliphatic carbocycles. The van der Waals surface area contributed by atoms with Gasteiger partial charge in [-0.2, -0.15) is 0 Å². The number of methoxy groups -OCH3 is 1. The molecule has 1 fully saturated rings. The van der Waals surface area contributed by atoms with Crippen LogP contribution in [0.15, 0.2) is 47.4 Å².